The predicted octanol–water partition coefficient (Wildman–Crippen LogP) is 2.75. The average molecular weight is 286 g/mol. The van der Waals surface area contributed by atoms with Gasteiger partial charge in [-0.1, -0.05) is 5.57 Å². The number of hydrogen-bond donors (Lipinski definition) is 0. The number of halogens is 6. The zero-order valence-corrected chi connectivity index (χ0v) is 9.21. The maximum atomic E-state index is 12.2. The fraction of sp³-hybridized carbons (Fsp3) is 0.714. The highest BCUT2D eigenvalue weighted by atomic mass is 32.2. The Kier molecular flexibility index (Phi) is 4.63. The van der Waals surface area contributed by atoms with Crippen LogP contribution in [-0.2, 0) is 14.3 Å². The number of alkyl halides is 6. The van der Waals surface area contributed by atoms with Gasteiger partial charge in [-0.2, -0.15) is 34.8 Å². The van der Waals surface area contributed by atoms with Crippen molar-refractivity contribution < 1.29 is 38.9 Å². The standard InChI is InChI=1S/C7H8F6O3S/c1-4(2)3-5(6(8,9)10)16-17(14,15)7(11,12)13/h5H,1,3H2,2H3. The van der Waals surface area contributed by atoms with Crippen LogP contribution >= 0.6 is 0 Å². The van der Waals surface area contributed by atoms with Crippen molar-refractivity contribution in [2.24, 2.45) is 0 Å². The second-order valence-corrected chi connectivity index (χ2v) is 4.75. The maximum absolute atomic E-state index is 12.2. The summed E-state index contributed by atoms with van der Waals surface area (Å²) in [5.74, 6) is 0. The molecule has 1 unspecified atom stereocenters. The summed E-state index contributed by atoms with van der Waals surface area (Å²) in [7, 11) is -6.29. The van der Waals surface area contributed by atoms with Gasteiger partial charge in [0.15, 0.2) is 6.10 Å². The van der Waals surface area contributed by atoms with Crippen LogP contribution in [0.1, 0.15) is 13.3 Å². The van der Waals surface area contributed by atoms with Gasteiger partial charge in [-0.15, -0.1) is 6.58 Å². The largest absolute Gasteiger partial charge is 0.523 e. The quantitative estimate of drug-likeness (QED) is 0.345. The molecule has 0 aromatic carbocycles. The first kappa shape index (κ1) is 16.2. The van der Waals surface area contributed by atoms with E-state index < -0.39 is 34.3 Å². The predicted molar refractivity (Wildman–Crippen MR) is 45.3 cm³/mol. The van der Waals surface area contributed by atoms with E-state index in [-0.39, 0.29) is 5.57 Å². The molecule has 0 saturated carbocycles. The molecule has 0 amide bonds. The first-order chi connectivity index (χ1) is 7.27. The summed E-state index contributed by atoms with van der Waals surface area (Å²) >= 11 is 0. The Morgan fingerprint density at radius 1 is 1.24 bits per heavy atom. The smallest absolute Gasteiger partial charge is 0.250 e. The highest BCUT2D eigenvalue weighted by Crippen LogP contribution is 2.33. The van der Waals surface area contributed by atoms with Crippen molar-refractivity contribution in [2.45, 2.75) is 31.1 Å². The number of rotatable bonds is 4. The van der Waals surface area contributed by atoms with Gasteiger partial charge in [0.1, 0.15) is 0 Å². The summed E-state index contributed by atoms with van der Waals surface area (Å²) in [6.07, 6.45) is -9.40. The van der Waals surface area contributed by atoms with E-state index in [9.17, 15) is 34.8 Å². The molecule has 1 atom stereocenters. The molecule has 0 heterocycles. The summed E-state index contributed by atoms with van der Waals surface area (Å²) in [5.41, 5.74) is -6.06. The van der Waals surface area contributed by atoms with Crippen LogP contribution < -0.4 is 0 Å². The lowest BCUT2D eigenvalue weighted by Crippen LogP contribution is -2.38. The van der Waals surface area contributed by atoms with Gasteiger partial charge in [-0.3, -0.25) is 0 Å². The monoisotopic (exact) mass is 286 g/mol. The summed E-state index contributed by atoms with van der Waals surface area (Å²) in [4.78, 5) is 0. The Balaban J connectivity index is 5.09. The van der Waals surface area contributed by atoms with E-state index in [2.05, 4.69) is 10.8 Å². The molecule has 0 rings (SSSR count). The van der Waals surface area contributed by atoms with Crippen LogP contribution in [0.3, 0.4) is 0 Å². The zero-order valence-electron chi connectivity index (χ0n) is 8.39. The second-order valence-electron chi connectivity index (χ2n) is 3.19. The summed E-state index contributed by atoms with van der Waals surface area (Å²) in [6, 6.07) is 0. The zero-order chi connectivity index (χ0) is 14.1. The van der Waals surface area contributed by atoms with E-state index in [4.69, 9.17) is 0 Å². The molecule has 0 aliphatic heterocycles. The third-order valence-electron chi connectivity index (χ3n) is 1.43. The van der Waals surface area contributed by atoms with Crippen molar-refractivity contribution in [1.82, 2.24) is 0 Å². The van der Waals surface area contributed by atoms with Gasteiger partial charge in [-0.05, 0) is 6.92 Å². The topological polar surface area (TPSA) is 43.4 Å². The highest BCUT2D eigenvalue weighted by Gasteiger charge is 2.53. The SMILES string of the molecule is C=C(C)CC(OS(=O)(=O)C(F)(F)F)C(F)(F)F. The molecule has 0 aliphatic carbocycles. The molecule has 17 heavy (non-hydrogen) atoms. The Labute approximate surface area is 93.2 Å². The van der Waals surface area contributed by atoms with E-state index in [1.807, 2.05) is 0 Å². The van der Waals surface area contributed by atoms with Crippen molar-refractivity contribution in [3.05, 3.63) is 12.2 Å². The van der Waals surface area contributed by atoms with E-state index in [0.717, 1.165) is 6.92 Å². The van der Waals surface area contributed by atoms with Crippen LogP contribution in [0.5, 0.6) is 0 Å². The van der Waals surface area contributed by atoms with Gasteiger partial charge in [-0.25, -0.2) is 4.18 Å². The molecule has 0 radical (unpaired) electrons. The molecule has 0 saturated heterocycles. The minimum absolute atomic E-state index is 0.162. The van der Waals surface area contributed by atoms with E-state index in [0.29, 0.717) is 0 Å². The first-order valence-corrected chi connectivity index (χ1v) is 5.39. The van der Waals surface area contributed by atoms with Gasteiger partial charge < -0.3 is 0 Å². The minimum atomic E-state index is -6.29. The van der Waals surface area contributed by atoms with Crippen molar-refractivity contribution in [2.75, 3.05) is 0 Å². The van der Waals surface area contributed by atoms with Crippen LogP contribution in [0.4, 0.5) is 26.3 Å². The Morgan fingerprint density at radius 3 is 1.88 bits per heavy atom. The van der Waals surface area contributed by atoms with Gasteiger partial charge in [0.2, 0.25) is 0 Å². The minimum Gasteiger partial charge on any atom is -0.250 e. The van der Waals surface area contributed by atoms with Gasteiger partial charge in [0.05, 0.1) is 0 Å². The molecule has 10 heteroatoms. The normalized spacial score (nSPS) is 15.7. The molecule has 0 spiro atoms. The second kappa shape index (κ2) is 4.84. The van der Waals surface area contributed by atoms with Gasteiger partial charge in [0.25, 0.3) is 0 Å². The molecular formula is C7H8F6O3S. The lowest BCUT2D eigenvalue weighted by molar-refractivity contribution is -0.196. The molecule has 0 aromatic heterocycles. The molecule has 0 aromatic rings. The van der Waals surface area contributed by atoms with Crippen LogP contribution in [-0.4, -0.2) is 26.2 Å². The van der Waals surface area contributed by atoms with E-state index in [1.165, 1.54) is 0 Å². The Bertz CT molecular complexity index is 379. The van der Waals surface area contributed by atoms with Crippen LogP contribution in [0, 0.1) is 0 Å². The van der Waals surface area contributed by atoms with Crippen LogP contribution in [0.15, 0.2) is 12.2 Å². The van der Waals surface area contributed by atoms with Gasteiger partial charge >= 0.3 is 21.8 Å². The Hall–Kier alpha value is -0.770. The maximum Gasteiger partial charge on any atom is 0.523 e. The van der Waals surface area contributed by atoms with Crippen LogP contribution in [0.2, 0.25) is 0 Å². The molecule has 0 fully saturated rings. The highest BCUT2D eigenvalue weighted by molar-refractivity contribution is 7.87. The summed E-state index contributed by atoms with van der Waals surface area (Å²) in [6.45, 7) is 4.14. The van der Waals surface area contributed by atoms with Crippen molar-refractivity contribution in [3.63, 3.8) is 0 Å². The van der Waals surface area contributed by atoms with E-state index >= 15 is 0 Å². The fourth-order valence-electron chi connectivity index (χ4n) is 0.728. The number of hydrogen-bond acceptors (Lipinski definition) is 3. The van der Waals surface area contributed by atoms with Crippen molar-refractivity contribution in [3.8, 4) is 0 Å². The molecular weight excluding hydrogens is 278 g/mol. The molecule has 0 aliphatic rings. The lowest BCUT2D eigenvalue weighted by Gasteiger charge is -2.20. The first-order valence-electron chi connectivity index (χ1n) is 3.98. The molecule has 0 bridgehead atoms. The third kappa shape index (κ3) is 4.94. The third-order valence-corrected chi connectivity index (χ3v) is 2.48. The van der Waals surface area contributed by atoms with Crippen molar-refractivity contribution in [1.29, 1.82) is 0 Å². The van der Waals surface area contributed by atoms with Crippen LogP contribution in [0.25, 0.3) is 0 Å². The molecule has 102 valence electrons. The Morgan fingerprint density at radius 2 is 1.65 bits per heavy atom. The van der Waals surface area contributed by atoms with Crippen molar-refractivity contribution >= 4 is 10.1 Å². The molecule has 3 nitrogen and oxygen atoms in total. The van der Waals surface area contributed by atoms with Gasteiger partial charge in [0, 0.05) is 6.42 Å². The lowest BCUT2D eigenvalue weighted by atomic mass is 10.1. The molecule has 0 N–H and O–H groups in total. The fourth-order valence-corrected chi connectivity index (χ4v) is 1.32. The average Bonchev–Trinajstić information content (AvgIpc) is 1.97. The summed E-state index contributed by atoms with van der Waals surface area (Å²) < 4.78 is 96.0. The summed E-state index contributed by atoms with van der Waals surface area (Å²) in [5, 5.41) is 0. The van der Waals surface area contributed by atoms with E-state index in [1.54, 1.807) is 0 Å².